The maximum Gasteiger partial charge on any atom is 0.0320 e. The van der Waals surface area contributed by atoms with Gasteiger partial charge in [-0.05, 0) is 55.8 Å². The van der Waals surface area contributed by atoms with Gasteiger partial charge in [0.05, 0.1) is 0 Å². The fourth-order valence-electron chi connectivity index (χ4n) is 2.26. The first-order chi connectivity index (χ1) is 7.16. The molecule has 0 saturated carbocycles. The smallest absolute Gasteiger partial charge is 0.0320 e. The summed E-state index contributed by atoms with van der Waals surface area (Å²) in [5.41, 5.74) is 4.26. The van der Waals surface area contributed by atoms with E-state index in [2.05, 4.69) is 44.3 Å². The van der Waals surface area contributed by atoms with Crippen molar-refractivity contribution in [2.24, 2.45) is 5.92 Å². The van der Waals surface area contributed by atoms with Crippen LogP contribution in [-0.4, -0.2) is 6.54 Å². The van der Waals surface area contributed by atoms with Gasteiger partial charge in [0.1, 0.15) is 0 Å². The van der Waals surface area contributed by atoms with Gasteiger partial charge in [0.15, 0.2) is 0 Å². The first-order valence-electron chi connectivity index (χ1n) is 5.97. The number of nitrogens with one attached hydrogen (secondary N) is 1. The number of piperidine rings is 1. The number of benzene rings is 1. The summed E-state index contributed by atoms with van der Waals surface area (Å²) in [6, 6.07) is 7.43. The molecule has 1 saturated heterocycles. The van der Waals surface area contributed by atoms with Crippen LogP contribution in [0.1, 0.15) is 42.5 Å². The van der Waals surface area contributed by atoms with Crippen molar-refractivity contribution in [3.8, 4) is 0 Å². The maximum absolute atomic E-state index is 3.63. The van der Waals surface area contributed by atoms with Crippen LogP contribution in [0.4, 0.5) is 0 Å². The number of rotatable bonds is 1. The Morgan fingerprint density at radius 2 is 1.93 bits per heavy atom. The standard InChI is InChI=1S/C14H21N/c1-10-4-7-14(15-9-10)13-6-5-11(2)12(3)8-13/h5-6,8,10,14-15H,4,7,9H2,1-3H3/t10-,14+/m0/s1. The van der Waals surface area contributed by atoms with Crippen molar-refractivity contribution in [1.82, 2.24) is 5.32 Å². The van der Waals surface area contributed by atoms with E-state index in [0.717, 1.165) is 12.5 Å². The Labute approximate surface area is 92.9 Å². The lowest BCUT2D eigenvalue weighted by Gasteiger charge is -2.28. The zero-order chi connectivity index (χ0) is 10.8. The molecular formula is C14H21N. The van der Waals surface area contributed by atoms with E-state index >= 15 is 0 Å². The Morgan fingerprint density at radius 1 is 1.13 bits per heavy atom. The Kier molecular flexibility index (Phi) is 3.11. The predicted octanol–water partition coefficient (Wildman–Crippen LogP) is 3.36. The van der Waals surface area contributed by atoms with Gasteiger partial charge in [-0.1, -0.05) is 25.1 Å². The average molecular weight is 203 g/mol. The van der Waals surface area contributed by atoms with Gasteiger partial charge >= 0.3 is 0 Å². The molecule has 1 nitrogen and oxygen atoms in total. The first kappa shape index (κ1) is 10.7. The SMILES string of the molecule is Cc1ccc([C@H]2CC[C@H](C)CN2)cc1C. The molecule has 1 fully saturated rings. The third-order valence-corrected chi connectivity index (χ3v) is 3.59. The molecule has 1 aliphatic rings. The fourth-order valence-corrected chi connectivity index (χ4v) is 2.26. The topological polar surface area (TPSA) is 12.0 Å². The molecule has 0 unspecified atom stereocenters. The van der Waals surface area contributed by atoms with Crippen molar-refractivity contribution in [3.05, 3.63) is 34.9 Å². The minimum absolute atomic E-state index is 0.584. The van der Waals surface area contributed by atoms with Crippen LogP contribution >= 0.6 is 0 Å². The molecular weight excluding hydrogens is 182 g/mol. The van der Waals surface area contributed by atoms with Gasteiger partial charge in [-0.2, -0.15) is 0 Å². The quantitative estimate of drug-likeness (QED) is 0.738. The van der Waals surface area contributed by atoms with Crippen LogP contribution in [0.2, 0.25) is 0 Å². The van der Waals surface area contributed by atoms with Crippen molar-refractivity contribution < 1.29 is 0 Å². The second-order valence-corrected chi connectivity index (χ2v) is 4.99. The molecule has 0 aromatic heterocycles. The predicted molar refractivity (Wildman–Crippen MR) is 65.1 cm³/mol. The Hall–Kier alpha value is -0.820. The molecule has 2 rings (SSSR count). The van der Waals surface area contributed by atoms with Crippen LogP contribution in [0.3, 0.4) is 0 Å². The molecule has 1 aromatic carbocycles. The molecule has 2 atom stereocenters. The van der Waals surface area contributed by atoms with E-state index < -0.39 is 0 Å². The van der Waals surface area contributed by atoms with Gasteiger partial charge in [-0.15, -0.1) is 0 Å². The third kappa shape index (κ3) is 2.40. The first-order valence-corrected chi connectivity index (χ1v) is 5.97. The molecule has 1 heteroatoms. The Morgan fingerprint density at radius 3 is 2.53 bits per heavy atom. The summed E-state index contributed by atoms with van der Waals surface area (Å²) >= 11 is 0. The molecule has 0 radical (unpaired) electrons. The lowest BCUT2D eigenvalue weighted by Crippen LogP contribution is -2.31. The summed E-state index contributed by atoms with van der Waals surface area (Å²) in [5, 5.41) is 3.63. The molecule has 1 aliphatic heterocycles. The summed E-state index contributed by atoms with van der Waals surface area (Å²) in [6.07, 6.45) is 2.63. The van der Waals surface area contributed by atoms with Crippen molar-refractivity contribution in [1.29, 1.82) is 0 Å². The second kappa shape index (κ2) is 4.36. The zero-order valence-electron chi connectivity index (χ0n) is 10.0. The molecule has 1 N–H and O–H groups in total. The van der Waals surface area contributed by atoms with Gasteiger partial charge in [-0.25, -0.2) is 0 Å². The Balaban J connectivity index is 2.12. The van der Waals surface area contributed by atoms with Crippen LogP contribution in [0.15, 0.2) is 18.2 Å². The normalized spacial score (nSPS) is 26.6. The third-order valence-electron chi connectivity index (χ3n) is 3.59. The van der Waals surface area contributed by atoms with Gasteiger partial charge in [0.2, 0.25) is 0 Å². The lowest BCUT2D eigenvalue weighted by molar-refractivity contribution is 0.333. The van der Waals surface area contributed by atoms with Crippen molar-refractivity contribution in [3.63, 3.8) is 0 Å². The fraction of sp³-hybridized carbons (Fsp3) is 0.571. The minimum atomic E-state index is 0.584. The number of hydrogen-bond acceptors (Lipinski definition) is 1. The summed E-state index contributed by atoms with van der Waals surface area (Å²) in [5.74, 6) is 0.841. The van der Waals surface area contributed by atoms with E-state index in [1.165, 1.54) is 29.5 Å². The van der Waals surface area contributed by atoms with Crippen molar-refractivity contribution in [2.75, 3.05) is 6.54 Å². The van der Waals surface area contributed by atoms with Crippen LogP contribution in [0.25, 0.3) is 0 Å². The molecule has 0 spiro atoms. The van der Waals surface area contributed by atoms with E-state index in [-0.39, 0.29) is 0 Å². The van der Waals surface area contributed by atoms with Gasteiger partial charge in [0.25, 0.3) is 0 Å². The van der Waals surface area contributed by atoms with Crippen molar-refractivity contribution >= 4 is 0 Å². The van der Waals surface area contributed by atoms with E-state index in [0.29, 0.717) is 6.04 Å². The van der Waals surface area contributed by atoms with E-state index in [1.54, 1.807) is 0 Å². The highest BCUT2D eigenvalue weighted by molar-refractivity contribution is 5.31. The monoisotopic (exact) mass is 203 g/mol. The average Bonchev–Trinajstić information content (AvgIpc) is 2.23. The summed E-state index contributed by atoms with van der Waals surface area (Å²) in [7, 11) is 0. The van der Waals surface area contributed by atoms with Gasteiger partial charge < -0.3 is 5.32 Å². The second-order valence-electron chi connectivity index (χ2n) is 4.99. The molecule has 1 aromatic rings. The Bertz CT molecular complexity index is 335. The molecule has 82 valence electrons. The van der Waals surface area contributed by atoms with E-state index in [4.69, 9.17) is 0 Å². The van der Waals surface area contributed by atoms with Gasteiger partial charge in [0, 0.05) is 6.04 Å². The molecule has 15 heavy (non-hydrogen) atoms. The highest BCUT2D eigenvalue weighted by Crippen LogP contribution is 2.26. The number of hydrogen-bond donors (Lipinski definition) is 1. The maximum atomic E-state index is 3.63. The van der Waals surface area contributed by atoms with Crippen LogP contribution in [0.5, 0.6) is 0 Å². The van der Waals surface area contributed by atoms with Crippen LogP contribution < -0.4 is 5.32 Å². The zero-order valence-corrected chi connectivity index (χ0v) is 10.0. The highest BCUT2D eigenvalue weighted by atomic mass is 14.9. The molecule has 1 heterocycles. The summed E-state index contributed by atoms with van der Waals surface area (Å²) in [4.78, 5) is 0. The van der Waals surface area contributed by atoms with E-state index in [9.17, 15) is 0 Å². The minimum Gasteiger partial charge on any atom is -0.310 e. The largest absolute Gasteiger partial charge is 0.310 e. The molecule has 0 aliphatic carbocycles. The summed E-state index contributed by atoms with van der Waals surface area (Å²) in [6.45, 7) is 7.86. The summed E-state index contributed by atoms with van der Waals surface area (Å²) < 4.78 is 0. The van der Waals surface area contributed by atoms with Crippen LogP contribution in [0, 0.1) is 19.8 Å². The molecule has 0 bridgehead atoms. The lowest BCUT2D eigenvalue weighted by atomic mass is 9.91. The van der Waals surface area contributed by atoms with Gasteiger partial charge in [-0.3, -0.25) is 0 Å². The van der Waals surface area contributed by atoms with Crippen molar-refractivity contribution in [2.45, 2.75) is 39.7 Å². The number of aryl methyl sites for hydroxylation is 2. The van der Waals surface area contributed by atoms with Crippen LogP contribution in [-0.2, 0) is 0 Å². The highest BCUT2D eigenvalue weighted by Gasteiger charge is 2.18. The molecule has 0 amide bonds. The van der Waals surface area contributed by atoms with E-state index in [1.807, 2.05) is 0 Å².